The minimum Gasteiger partial charge on any atom is -0.491 e. The smallest absolute Gasteiger partial charge is 0.162 e. The number of anilines is 1. The van der Waals surface area contributed by atoms with E-state index in [-0.39, 0.29) is 12.4 Å². The molecule has 2 aliphatic heterocycles. The van der Waals surface area contributed by atoms with Gasteiger partial charge in [-0.3, -0.25) is 9.69 Å². The number of nitrogens with zero attached hydrogens (tertiary/aromatic N) is 2. The van der Waals surface area contributed by atoms with Crippen LogP contribution in [0.5, 0.6) is 5.75 Å². The fourth-order valence-electron chi connectivity index (χ4n) is 4.46. The molecule has 29 heavy (non-hydrogen) atoms. The highest BCUT2D eigenvalue weighted by molar-refractivity contribution is 5.95. The Labute approximate surface area is 172 Å². The Balaban J connectivity index is 1.26. The third-order valence-electron chi connectivity index (χ3n) is 6.02. The molecule has 2 atom stereocenters. The number of aliphatic hydroxyl groups excluding tert-OH is 1. The molecule has 5 heteroatoms. The van der Waals surface area contributed by atoms with Crippen molar-refractivity contribution in [3.63, 3.8) is 0 Å². The molecule has 1 fully saturated rings. The van der Waals surface area contributed by atoms with Gasteiger partial charge in [-0.1, -0.05) is 25.1 Å². The van der Waals surface area contributed by atoms with Crippen molar-refractivity contribution in [1.29, 1.82) is 0 Å². The second kappa shape index (κ2) is 8.97. The quantitative estimate of drug-likeness (QED) is 0.731. The maximum atomic E-state index is 11.7. The Morgan fingerprint density at radius 3 is 2.76 bits per heavy atom. The number of β-amino-alcohol motifs (C(OH)–C–C–N with tert-alkyl or cyclic N) is 1. The number of hydrogen-bond donors (Lipinski definition) is 1. The summed E-state index contributed by atoms with van der Waals surface area (Å²) >= 11 is 0. The summed E-state index contributed by atoms with van der Waals surface area (Å²) in [5, 5.41) is 10.5. The van der Waals surface area contributed by atoms with E-state index in [1.165, 1.54) is 17.7 Å². The molecule has 0 saturated carbocycles. The number of Topliss-reactive ketones (excluding diaryl/α,β-unsaturated/α-hetero) is 1. The van der Waals surface area contributed by atoms with Gasteiger partial charge in [0.2, 0.25) is 0 Å². The average Bonchev–Trinajstić information content (AvgIpc) is 2.77. The Morgan fingerprint density at radius 1 is 1.17 bits per heavy atom. The van der Waals surface area contributed by atoms with Gasteiger partial charge in [-0.05, 0) is 48.7 Å². The molecule has 2 aromatic rings. The number of carbonyl (C=O) groups is 1. The number of rotatable bonds is 7. The summed E-state index contributed by atoms with van der Waals surface area (Å²) < 4.78 is 5.73. The lowest BCUT2D eigenvalue weighted by atomic mass is 9.94. The number of fused-ring (bicyclic) bond motifs is 3. The monoisotopic (exact) mass is 394 g/mol. The minimum absolute atomic E-state index is 0.126. The molecule has 0 aliphatic carbocycles. The van der Waals surface area contributed by atoms with Gasteiger partial charge in [-0.15, -0.1) is 0 Å². The fraction of sp³-hybridized carbons (Fsp3) is 0.458. The first kappa shape index (κ1) is 19.9. The van der Waals surface area contributed by atoms with E-state index >= 15 is 0 Å². The molecular formula is C24H30N2O3. The first-order chi connectivity index (χ1) is 14.1. The van der Waals surface area contributed by atoms with Crippen LogP contribution in [0.15, 0.2) is 48.5 Å². The predicted molar refractivity (Wildman–Crippen MR) is 115 cm³/mol. The molecule has 2 heterocycles. The molecule has 5 nitrogen and oxygen atoms in total. The predicted octanol–water partition coefficient (Wildman–Crippen LogP) is 3.16. The number of benzene rings is 2. The van der Waals surface area contributed by atoms with E-state index in [2.05, 4.69) is 34.1 Å². The fourth-order valence-corrected chi connectivity index (χ4v) is 4.46. The summed E-state index contributed by atoms with van der Waals surface area (Å²) in [6.45, 7) is 5.68. The number of piperazine rings is 1. The van der Waals surface area contributed by atoms with Crippen LogP contribution >= 0.6 is 0 Å². The topological polar surface area (TPSA) is 53.0 Å². The van der Waals surface area contributed by atoms with Crippen molar-refractivity contribution in [1.82, 2.24) is 4.90 Å². The molecule has 0 radical (unpaired) electrons. The van der Waals surface area contributed by atoms with Gasteiger partial charge < -0.3 is 14.7 Å². The molecule has 0 amide bonds. The number of ether oxygens (including phenoxy) is 1. The maximum Gasteiger partial charge on any atom is 0.162 e. The Hall–Kier alpha value is -2.37. The summed E-state index contributed by atoms with van der Waals surface area (Å²) in [6, 6.07) is 16.4. The van der Waals surface area contributed by atoms with Crippen molar-refractivity contribution >= 4 is 11.5 Å². The number of aliphatic hydroxyl groups is 1. The molecule has 1 N–H and O–H groups in total. The zero-order valence-corrected chi connectivity index (χ0v) is 17.1. The van der Waals surface area contributed by atoms with E-state index in [1.54, 1.807) is 24.3 Å². The Morgan fingerprint density at radius 2 is 1.97 bits per heavy atom. The van der Waals surface area contributed by atoms with Gasteiger partial charge in [0.1, 0.15) is 18.5 Å². The highest BCUT2D eigenvalue weighted by atomic mass is 16.5. The van der Waals surface area contributed by atoms with Crippen LogP contribution in [0.1, 0.15) is 35.7 Å². The molecule has 0 bridgehead atoms. The number of para-hydroxylation sites is 1. The first-order valence-corrected chi connectivity index (χ1v) is 10.6. The van der Waals surface area contributed by atoms with Gasteiger partial charge in [0.05, 0.1) is 0 Å². The summed E-state index contributed by atoms with van der Waals surface area (Å²) in [4.78, 5) is 16.6. The van der Waals surface area contributed by atoms with Crippen molar-refractivity contribution in [2.24, 2.45) is 0 Å². The van der Waals surface area contributed by atoms with Crippen LogP contribution < -0.4 is 9.64 Å². The van der Waals surface area contributed by atoms with Crippen LogP contribution in [-0.4, -0.2) is 60.7 Å². The van der Waals surface area contributed by atoms with Gasteiger partial charge in [-0.25, -0.2) is 0 Å². The van der Waals surface area contributed by atoms with E-state index < -0.39 is 6.10 Å². The molecule has 2 aliphatic rings. The molecule has 0 spiro atoms. The largest absolute Gasteiger partial charge is 0.491 e. The molecule has 4 rings (SSSR count). The molecule has 2 unspecified atom stereocenters. The van der Waals surface area contributed by atoms with Crippen LogP contribution in [0.3, 0.4) is 0 Å². The lowest BCUT2D eigenvalue weighted by Crippen LogP contribution is -2.56. The van der Waals surface area contributed by atoms with E-state index in [4.69, 9.17) is 4.74 Å². The highest BCUT2D eigenvalue weighted by Crippen LogP contribution is 2.32. The van der Waals surface area contributed by atoms with Gasteiger partial charge in [0.25, 0.3) is 0 Å². The summed E-state index contributed by atoms with van der Waals surface area (Å²) in [5.74, 6) is 0.812. The Bertz CT molecular complexity index is 836. The van der Waals surface area contributed by atoms with Gasteiger partial charge in [0.15, 0.2) is 5.78 Å². The van der Waals surface area contributed by atoms with Crippen molar-refractivity contribution in [2.45, 2.75) is 38.3 Å². The van der Waals surface area contributed by atoms with Crippen molar-refractivity contribution in [3.05, 3.63) is 59.7 Å². The van der Waals surface area contributed by atoms with E-state index in [1.807, 2.05) is 6.92 Å². The van der Waals surface area contributed by atoms with E-state index in [0.717, 1.165) is 26.1 Å². The number of hydrogen-bond acceptors (Lipinski definition) is 5. The number of aryl methyl sites for hydroxylation is 1. The van der Waals surface area contributed by atoms with E-state index in [0.29, 0.717) is 30.3 Å². The molecule has 1 saturated heterocycles. The minimum atomic E-state index is -0.533. The van der Waals surface area contributed by atoms with Crippen LogP contribution in [0.4, 0.5) is 5.69 Å². The van der Waals surface area contributed by atoms with Crippen molar-refractivity contribution < 1.29 is 14.6 Å². The zero-order chi connectivity index (χ0) is 20.2. The number of ketones is 1. The third-order valence-corrected chi connectivity index (χ3v) is 6.02. The lowest BCUT2D eigenvalue weighted by Gasteiger charge is -2.46. The number of carbonyl (C=O) groups excluding carboxylic acids is 1. The first-order valence-electron chi connectivity index (χ1n) is 10.6. The summed E-state index contributed by atoms with van der Waals surface area (Å²) in [5.41, 5.74) is 3.54. The molecule has 0 aromatic heterocycles. The SMILES string of the molecule is CCC(=O)c1ccc(OCC(O)CN2CCN3c4ccccc4CCC3C2)cc1. The normalized spacial score (nSPS) is 19.9. The summed E-state index contributed by atoms with van der Waals surface area (Å²) in [7, 11) is 0. The van der Waals surface area contributed by atoms with Crippen molar-refractivity contribution in [2.75, 3.05) is 37.7 Å². The zero-order valence-electron chi connectivity index (χ0n) is 17.1. The summed E-state index contributed by atoms with van der Waals surface area (Å²) in [6.07, 6.45) is 2.27. The third kappa shape index (κ3) is 4.62. The van der Waals surface area contributed by atoms with Crippen LogP contribution in [0.2, 0.25) is 0 Å². The van der Waals surface area contributed by atoms with Crippen LogP contribution in [0.25, 0.3) is 0 Å². The second-order valence-electron chi connectivity index (χ2n) is 8.04. The van der Waals surface area contributed by atoms with Crippen LogP contribution in [-0.2, 0) is 6.42 Å². The maximum absolute atomic E-state index is 11.7. The Kier molecular flexibility index (Phi) is 6.16. The van der Waals surface area contributed by atoms with Gasteiger partial charge in [-0.2, -0.15) is 0 Å². The van der Waals surface area contributed by atoms with E-state index in [9.17, 15) is 9.90 Å². The molecule has 2 aromatic carbocycles. The molecule has 154 valence electrons. The molecular weight excluding hydrogens is 364 g/mol. The highest BCUT2D eigenvalue weighted by Gasteiger charge is 2.31. The average molecular weight is 395 g/mol. The van der Waals surface area contributed by atoms with Gasteiger partial charge in [0, 0.05) is 49.9 Å². The second-order valence-corrected chi connectivity index (χ2v) is 8.04. The van der Waals surface area contributed by atoms with Crippen molar-refractivity contribution in [3.8, 4) is 5.75 Å². The van der Waals surface area contributed by atoms with Gasteiger partial charge >= 0.3 is 0 Å². The van der Waals surface area contributed by atoms with Crippen LogP contribution in [0, 0.1) is 0 Å². The lowest BCUT2D eigenvalue weighted by molar-refractivity contribution is 0.0605. The standard InChI is InChI=1S/C24H30N2O3/c1-2-24(28)19-8-11-22(12-9-19)29-17-21(27)16-25-13-14-26-20(15-25)10-7-18-5-3-4-6-23(18)26/h3-6,8-9,11-12,20-21,27H,2,7,10,13-17H2,1H3.